The molecule has 3 fully saturated rings. The minimum atomic E-state index is 0.141. The summed E-state index contributed by atoms with van der Waals surface area (Å²) in [6.07, 6.45) is 4.11. The molecular formula is C15H26N6O. The monoisotopic (exact) mass is 306 g/mol. The molecule has 7 nitrogen and oxygen atoms in total. The van der Waals surface area contributed by atoms with Gasteiger partial charge in [-0.25, -0.2) is 0 Å². The fraction of sp³-hybridized carbons (Fsp3) is 0.800. The first-order valence-corrected chi connectivity index (χ1v) is 8.20. The van der Waals surface area contributed by atoms with Gasteiger partial charge in [0, 0.05) is 31.4 Å². The summed E-state index contributed by atoms with van der Waals surface area (Å²) in [4.78, 5) is 14.8. The van der Waals surface area contributed by atoms with Crippen LogP contribution in [0.3, 0.4) is 0 Å². The molecule has 0 spiro atoms. The van der Waals surface area contributed by atoms with Crippen LogP contribution in [0.2, 0.25) is 0 Å². The highest BCUT2D eigenvalue weighted by Gasteiger charge is 2.43. The normalized spacial score (nSPS) is 30.7. The van der Waals surface area contributed by atoms with Crippen LogP contribution in [0.15, 0.2) is 6.20 Å². The van der Waals surface area contributed by atoms with Crippen molar-refractivity contribution in [1.29, 1.82) is 0 Å². The van der Waals surface area contributed by atoms with E-state index >= 15 is 0 Å². The number of hydrogen-bond donors (Lipinski definition) is 2. The van der Waals surface area contributed by atoms with Gasteiger partial charge in [-0.05, 0) is 39.2 Å². The topological polar surface area (TPSA) is 89.1 Å². The SMILES string of the molecule is CC(C)NC(=O)[C@H]1CN2CC[C@H]1C[C@@H]2Cn1cc(CN)nn1. The summed E-state index contributed by atoms with van der Waals surface area (Å²) in [6, 6.07) is 0.665. The fourth-order valence-corrected chi connectivity index (χ4v) is 3.75. The van der Waals surface area contributed by atoms with Crippen molar-refractivity contribution in [1.82, 2.24) is 25.2 Å². The molecule has 1 amide bonds. The van der Waals surface area contributed by atoms with Crippen molar-refractivity contribution in [2.24, 2.45) is 17.6 Å². The highest BCUT2D eigenvalue weighted by atomic mass is 16.2. The summed E-state index contributed by atoms with van der Waals surface area (Å²) in [7, 11) is 0. The zero-order chi connectivity index (χ0) is 15.7. The van der Waals surface area contributed by atoms with E-state index in [4.69, 9.17) is 5.73 Å². The van der Waals surface area contributed by atoms with Gasteiger partial charge in [0.15, 0.2) is 0 Å². The van der Waals surface area contributed by atoms with Crippen LogP contribution in [0.4, 0.5) is 0 Å². The van der Waals surface area contributed by atoms with Crippen LogP contribution in [0, 0.1) is 11.8 Å². The molecule has 3 N–H and O–H groups in total. The van der Waals surface area contributed by atoms with E-state index < -0.39 is 0 Å². The number of nitrogens with one attached hydrogen (secondary N) is 1. The van der Waals surface area contributed by atoms with Gasteiger partial charge >= 0.3 is 0 Å². The molecule has 1 unspecified atom stereocenters. The van der Waals surface area contributed by atoms with Crippen LogP contribution in [0.5, 0.6) is 0 Å². The van der Waals surface area contributed by atoms with Crippen molar-refractivity contribution < 1.29 is 4.79 Å². The third kappa shape index (κ3) is 3.15. The molecular weight excluding hydrogens is 280 g/mol. The maximum Gasteiger partial charge on any atom is 0.224 e. The Morgan fingerprint density at radius 1 is 1.55 bits per heavy atom. The lowest BCUT2D eigenvalue weighted by Gasteiger charge is -2.49. The standard InChI is InChI=1S/C15H26N6O/c1-10(2)17-15(22)14-9-20-4-3-11(14)5-13(20)8-21-7-12(6-16)18-19-21/h7,10-11,13-14H,3-6,8-9,16H2,1-2H3,(H,17,22)/t11-,13+,14-/m0/s1. The first kappa shape index (κ1) is 15.4. The Bertz CT molecular complexity index is 528. The molecule has 0 aliphatic carbocycles. The van der Waals surface area contributed by atoms with Gasteiger partial charge in [-0.1, -0.05) is 5.21 Å². The maximum atomic E-state index is 12.3. The lowest BCUT2D eigenvalue weighted by molar-refractivity contribution is -0.133. The molecule has 1 aromatic heterocycles. The van der Waals surface area contributed by atoms with E-state index in [1.165, 1.54) is 0 Å². The average molecular weight is 306 g/mol. The van der Waals surface area contributed by atoms with Crippen molar-refractivity contribution >= 4 is 5.91 Å². The molecule has 22 heavy (non-hydrogen) atoms. The van der Waals surface area contributed by atoms with Crippen molar-refractivity contribution in [3.63, 3.8) is 0 Å². The van der Waals surface area contributed by atoms with Crippen molar-refractivity contribution in [2.45, 2.75) is 51.9 Å². The molecule has 4 heterocycles. The highest BCUT2D eigenvalue weighted by molar-refractivity contribution is 5.79. The van der Waals surface area contributed by atoms with Gasteiger partial charge in [0.2, 0.25) is 5.91 Å². The average Bonchev–Trinajstić information content (AvgIpc) is 2.95. The molecule has 3 saturated heterocycles. The first-order chi connectivity index (χ1) is 10.6. The number of aromatic nitrogens is 3. The quantitative estimate of drug-likeness (QED) is 0.797. The van der Waals surface area contributed by atoms with E-state index in [0.717, 1.165) is 38.2 Å². The number of fused-ring (bicyclic) bond motifs is 3. The van der Waals surface area contributed by atoms with Crippen molar-refractivity contribution in [2.75, 3.05) is 13.1 Å². The molecule has 0 radical (unpaired) electrons. The number of amides is 1. The van der Waals surface area contributed by atoms with Crippen molar-refractivity contribution in [3.05, 3.63) is 11.9 Å². The van der Waals surface area contributed by atoms with Crippen LogP contribution in [-0.4, -0.2) is 51.0 Å². The van der Waals surface area contributed by atoms with E-state index in [9.17, 15) is 4.79 Å². The van der Waals surface area contributed by atoms with Gasteiger partial charge in [-0.2, -0.15) is 0 Å². The number of carbonyl (C=O) groups is 1. The number of rotatable bonds is 5. The summed E-state index contributed by atoms with van der Waals surface area (Å²) in [5.74, 6) is 0.850. The molecule has 3 aliphatic heterocycles. The number of carbonyl (C=O) groups excluding carboxylic acids is 1. The smallest absolute Gasteiger partial charge is 0.224 e. The molecule has 122 valence electrons. The summed E-state index contributed by atoms with van der Waals surface area (Å²) >= 11 is 0. The molecule has 0 saturated carbocycles. The van der Waals surface area contributed by atoms with Gasteiger partial charge in [0.25, 0.3) is 0 Å². The largest absolute Gasteiger partial charge is 0.354 e. The van der Waals surface area contributed by atoms with Crippen LogP contribution >= 0.6 is 0 Å². The third-order valence-corrected chi connectivity index (χ3v) is 4.84. The number of nitrogens with zero attached hydrogens (tertiary/aromatic N) is 4. The Morgan fingerprint density at radius 2 is 2.36 bits per heavy atom. The second kappa shape index (κ2) is 6.34. The lowest BCUT2D eigenvalue weighted by atomic mass is 9.75. The van der Waals surface area contributed by atoms with E-state index in [1.54, 1.807) is 0 Å². The predicted octanol–water partition coefficient (Wildman–Crippen LogP) is -0.0282. The Hall–Kier alpha value is -1.47. The molecule has 7 heteroatoms. The first-order valence-electron chi connectivity index (χ1n) is 8.20. The summed E-state index contributed by atoms with van der Waals surface area (Å²) in [6.45, 7) is 7.24. The molecule has 2 bridgehead atoms. The van der Waals surface area contributed by atoms with E-state index in [0.29, 0.717) is 18.5 Å². The van der Waals surface area contributed by atoms with E-state index in [-0.39, 0.29) is 17.9 Å². The minimum Gasteiger partial charge on any atom is -0.354 e. The summed E-state index contributed by atoms with van der Waals surface area (Å²) < 4.78 is 1.89. The number of nitrogens with two attached hydrogens (primary N) is 1. The Balaban J connectivity index is 1.61. The van der Waals surface area contributed by atoms with Crippen LogP contribution in [-0.2, 0) is 17.9 Å². The molecule has 4 atom stereocenters. The van der Waals surface area contributed by atoms with E-state index in [1.807, 2.05) is 24.7 Å². The molecule has 1 aromatic rings. The molecule has 0 aromatic carbocycles. The number of hydrogen-bond acceptors (Lipinski definition) is 5. The zero-order valence-corrected chi connectivity index (χ0v) is 13.4. The van der Waals surface area contributed by atoms with Gasteiger partial charge in [-0.15, -0.1) is 5.10 Å². The Morgan fingerprint density at radius 3 is 2.95 bits per heavy atom. The zero-order valence-electron chi connectivity index (χ0n) is 13.4. The van der Waals surface area contributed by atoms with Gasteiger partial charge < -0.3 is 11.1 Å². The maximum absolute atomic E-state index is 12.3. The van der Waals surface area contributed by atoms with Gasteiger partial charge in [0.05, 0.1) is 18.2 Å². The van der Waals surface area contributed by atoms with Gasteiger partial charge in [-0.3, -0.25) is 14.4 Å². The van der Waals surface area contributed by atoms with Gasteiger partial charge in [0.1, 0.15) is 0 Å². The summed E-state index contributed by atoms with van der Waals surface area (Å²) in [5, 5.41) is 11.2. The van der Waals surface area contributed by atoms with Crippen LogP contribution in [0.25, 0.3) is 0 Å². The number of piperidine rings is 3. The second-order valence-corrected chi connectivity index (χ2v) is 6.84. The van der Waals surface area contributed by atoms with Crippen molar-refractivity contribution in [3.8, 4) is 0 Å². The van der Waals surface area contributed by atoms with Crippen LogP contribution in [0.1, 0.15) is 32.4 Å². The molecule has 3 aliphatic rings. The lowest BCUT2D eigenvalue weighted by Crippen LogP contribution is -2.58. The minimum absolute atomic E-state index is 0.141. The predicted molar refractivity (Wildman–Crippen MR) is 82.8 cm³/mol. The Labute approximate surface area is 131 Å². The third-order valence-electron chi connectivity index (χ3n) is 4.84. The summed E-state index contributed by atoms with van der Waals surface area (Å²) in [5.41, 5.74) is 6.40. The van der Waals surface area contributed by atoms with E-state index in [2.05, 4.69) is 20.5 Å². The Kier molecular flexibility index (Phi) is 4.44. The molecule has 4 rings (SSSR count). The van der Waals surface area contributed by atoms with Crippen LogP contribution < -0.4 is 11.1 Å². The highest BCUT2D eigenvalue weighted by Crippen LogP contribution is 2.36. The second-order valence-electron chi connectivity index (χ2n) is 6.84. The fourth-order valence-electron chi connectivity index (χ4n) is 3.75.